The molecule has 2 fully saturated rings. The second-order valence-corrected chi connectivity index (χ2v) is 8.21. The first kappa shape index (κ1) is 17.7. The Balaban J connectivity index is 1.38. The Morgan fingerprint density at radius 1 is 1.29 bits per heavy atom. The number of anilines is 1. The molecule has 24 heavy (non-hydrogen) atoms. The highest BCUT2D eigenvalue weighted by Crippen LogP contribution is 2.24. The molecule has 0 aliphatic carbocycles. The number of nitrogens with one attached hydrogen (secondary N) is 1. The first-order chi connectivity index (χ1) is 11.6. The van der Waals surface area contributed by atoms with Gasteiger partial charge in [-0.2, -0.15) is 0 Å². The van der Waals surface area contributed by atoms with Crippen molar-refractivity contribution in [2.45, 2.75) is 58.5 Å². The summed E-state index contributed by atoms with van der Waals surface area (Å²) in [6, 6.07) is 0.620. The van der Waals surface area contributed by atoms with E-state index in [1.165, 1.54) is 12.8 Å². The van der Waals surface area contributed by atoms with Crippen LogP contribution in [0, 0.1) is 5.92 Å². The van der Waals surface area contributed by atoms with Gasteiger partial charge in [0.25, 0.3) is 0 Å². The third kappa shape index (κ3) is 4.70. The summed E-state index contributed by atoms with van der Waals surface area (Å²) < 4.78 is 0. The summed E-state index contributed by atoms with van der Waals surface area (Å²) in [4.78, 5) is 21.7. The molecule has 134 valence electrons. The quantitative estimate of drug-likeness (QED) is 0.857. The highest BCUT2D eigenvalue weighted by atomic mass is 32.1. The molecule has 1 amide bonds. The fourth-order valence-electron chi connectivity index (χ4n) is 3.63. The number of hydrogen-bond acceptors (Lipinski definition) is 5. The summed E-state index contributed by atoms with van der Waals surface area (Å²) in [5.74, 6) is 0.712. The molecule has 6 heteroatoms. The Labute approximate surface area is 149 Å². The molecule has 0 unspecified atom stereocenters. The number of piperidine rings is 1. The Bertz CT molecular complexity index is 531. The molecule has 1 N–H and O–H groups in total. The Morgan fingerprint density at radius 2 is 2.00 bits per heavy atom. The van der Waals surface area contributed by atoms with E-state index >= 15 is 0 Å². The number of hydrogen-bond donors (Lipinski definition) is 1. The molecule has 3 rings (SSSR count). The second-order valence-electron chi connectivity index (χ2n) is 7.37. The maximum absolute atomic E-state index is 12.2. The molecular weight excluding hydrogens is 320 g/mol. The lowest BCUT2D eigenvalue weighted by Gasteiger charge is -2.34. The van der Waals surface area contributed by atoms with Gasteiger partial charge in [-0.1, -0.05) is 0 Å². The molecule has 2 saturated heterocycles. The van der Waals surface area contributed by atoms with Gasteiger partial charge >= 0.3 is 0 Å². The molecular formula is C18H30N4OS. The molecule has 2 aliphatic heterocycles. The van der Waals surface area contributed by atoms with E-state index in [0.29, 0.717) is 24.9 Å². The van der Waals surface area contributed by atoms with Crippen LogP contribution in [0.15, 0.2) is 5.38 Å². The maximum atomic E-state index is 12.2. The predicted octanol–water partition coefficient (Wildman–Crippen LogP) is 2.87. The fraction of sp³-hybridized carbons (Fsp3) is 0.778. The largest absolute Gasteiger partial charge is 0.350 e. The number of rotatable bonds is 6. The van der Waals surface area contributed by atoms with Gasteiger partial charge in [0.15, 0.2) is 5.13 Å². The van der Waals surface area contributed by atoms with Gasteiger partial charge < -0.3 is 15.1 Å². The molecule has 0 atom stereocenters. The minimum Gasteiger partial charge on any atom is -0.350 e. The average molecular weight is 351 g/mol. The molecule has 3 heterocycles. The molecule has 1 aromatic heterocycles. The van der Waals surface area contributed by atoms with Gasteiger partial charge in [0.2, 0.25) is 5.91 Å². The summed E-state index contributed by atoms with van der Waals surface area (Å²) in [5.41, 5.74) is 0.991. The van der Waals surface area contributed by atoms with Crippen molar-refractivity contribution in [1.82, 2.24) is 15.2 Å². The van der Waals surface area contributed by atoms with Gasteiger partial charge in [-0.25, -0.2) is 4.98 Å². The predicted molar refractivity (Wildman–Crippen MR) is 99.5 cm³/mol. The van der Waals surface area contributed by atoms with Crippen molar-refractivity contribution < 1.29 is 4.79 Å². The van der Waals surface area contributed by atoms with Crippen LogP contribution in [0.1, 0.15) is 51.6 Å². The van der Waals surface area contributed by atoms with E-state index in [-0.39, 0.29) is 5.91 Å². The molecule has 0 aromatic carbocycles. The lowest BCUT2D eigenvalue weighted by molar-refractivity contribution is -0.122. The summed E-state index contributed by atoms with van der Waals surface area (Å²) in [6.07, 6.45) is 5.47. The SMILES string of the molecule is CC(C)N1CCC(CC(=O)NCc2csc(N3CCCC3)n2)CC1. The summed E-state index contributed by atoms with van der Waals surface area (Å²) in [5, 5.41) is 6.24. The van der Waals surface area contributed by atoms with Gasteiger partial charge in [0, 0.05) is 30.9 Å². The summed E-state index contributed by atoms with van der Waals surface area (Å²) in [6.45, 7) is 9.55. The molecule has 0 saturated carbocycles. The van der Waals surface area contributed by atoms with Crippen LogP contribution in [0.2, 0.25) is 0 Å². The molecule has 0 bridgehead atoms. The third-order valence-corrected chi connectivity index (χ3v) is 6.19. The highest BCUT2D eigenvalue weighted by molar-refractivity contribution is 7.13. The molecule has 2 aliphatic rings. The zero-order valence-electron chi connectivity index (χ0n) is 15.0. The number of carbonyl (C=O) groups is 1. The van der Waals surface area contributed by atoms with E-state index in [4.69, 9.17) is 0 Å². The second kappa shape index (κ2) is 8.30. The fourth-order valence-corrected chi connectivity index (χ4v) is 4.51. The minimum absolute atomic E-state index is 0.175. The monoisotopic (exact) mass is 350 g/mol. The number of thiazole rings is 1. The standard InChI is InChI=1S/C18H30N4OS/c1-14(2)21-9-5-15(6-10-21)11-17(23)19-12-16-13-24-18(20-16)22-7-3-4-8-22/h13-15H,3-12H2,1-2H3,(H,19,23). The number of carbonyl (C=O) groups excluding carboxylic acids is 1. The van der Waals surface area contributed by atoms with Crippen molar-refractivity contribution in [1.29, 1.82) is 0 Å². The van der Waals surface area contributed by atoms with Crippen LogP contribution in [0.5, 0.6) is 0 Å². The van der Waals surface area contributed by atoms with E-state index in [1.54, 1.807) is 11.3 Å². The van der Waals surface area contributed by atoms with E-state index in [2.05, 4.69) is 39.3 Å². The van der Waals surface area contributed by atoms with Crippen molar-refractivity contribution in [2.24, 2.45) is 5.92 Å². The zero-order chi connectivity index (χ0) is 16.9. The molecule has 0 spiro atoms. The smallest absolute Gasteiger partial charge is 0.220 e. The van der Waals surface area contributed by atoms with E-state index < -0.39 is 0 Å². The van der Waals surface area contributed by atoms with Gasteiger partial charge in [-0.15, -0.1) is 11.3 Å². The van der Waals surface area contributed by atoms with Crippen LogP contribution >= 0.6 is 11.3 Å². The number of likely N-dealkylation sites (tertiary alicyclic amines) is 1. The molecule has 0 radical (unpaired) electrons. The highest BCUT2D eigenvalue weighted by Gasteiger charge is 2.23. The Kier molecular flexibility index (Phi) is 6.11. The van der Waals surface area contributed by atoms with Crippen LogP contribution in [0.4, 0.5) is 5.13 Å². The Hall–Kier alpha value is -1.14. The number of nitrogens with zero attached hydrogens (tertiary/aromatic N) is 3. The van der Waals surface area contributed by atoms with Crippen LogP contribution in [-0.2, 0) is 11.3 Å². The van der Waals surface area contributed by atoms with Crippen molar-refractivity contribution in [3.05, 3.63) is 11.1 Å². The Morgan fingerprint density at radius 3 is 2.67 bits per heavy atom. The topological polar surface area (TPSA) is 48.5 Å². The van der Waals surface area contributed by atoms with Crippen molar-refractivity contribution in [3.8, 4) is 0 Å². The van der Waals surface area contributed by atoms with Gasteiger partial charge in [0.1, 0.15) is 0 Å². The summed E-state index contributed by atoms with van der Waals surface area (Å²) in [7, 11) is 0. The maximum Gasteiger partial charge on any atom is 0.220 e. The van der Waals surface area contributed by atoms with Crippen LogP contribution in [0.3, 0.4) is 0 Å². The van der Waals surface area contributed by atoms with E-state index in [1.807, 2.05) is 0 Å². The number of amides is 1. The number of aromatic nitrogens is 1. The van der Waals surface area contributed by atoms with Crippen LogP contribution in [0.25, 0.3) is 0 Å². The lowest BCUT2D eigenvalue weighted by atomic mass is 9.92. The van der Waals surface area contributed by atoms with Crippen LogP contribution < -0.4 is 10.2 Å². The first-order valence-corrected chi connectivity index (χ1v) is 10.2. The zero-order valence-corrected chi connectivity index (χ0v) is 15.8. The van der Waals surface area contributed by atoms with Crippen molar-refractivity contribution >= 4 is 22.4 Å². The third-order valence-electron chi connectivity index (χ3n) is 5.24. The van der Waals surface area contributed by atoms with Gasteiger partial charge in [0.05, 0.1) is 12.2 Å². The van der Waals surface area contributed by atoms with E-state index in [9.17, 15) is 4.79 Å². The van der Waals surface area contributed by atoms with Crippen molar-refractivity contribution in [3.63, 3.8) is 0 Å². The molecule has 1 aromatic rings. The van der Waals surface area contributed by atoms with Gasteiger partial charge in [-0.3, -0.25) is 4.79 Å². The van der Waals surface area contributed by atoms with E-state index in [0.717, 1.165) is 49.8 Å². The van der Waals surface area contributed by atoms with Gasteiger partial charge in [-0.05, 0) is 58.5 Å². The van der Waals surface area contributed by atoms with Crippen LogP contribution in [-0.4, -0.2) is 48.0 Å². The summed E-state index contributed by atoms with van der Waals surface area (Å²) >= 11 is 1.70. The minimum atomic E-state index is 0.175. The average Bonchev–Trinajstić information content (AvgIpc) is 3.25. The lowest BCUT2D eigenvalue weighted by Crippen LogP contribution is -2.39. The first-order valence-electron chi connectivity index (χ1n) is 9.32. The normalized spacial score (nSPS) is 20.0. The molecule has 5 nitrogen and oxygen atoms in total. The van der Waals surface area contributed by atoms with Crippen molar-refractivity contribution in [2.75, 3.05) is 31.1 Å².